The minimum absolute atomic E-state index is 0.222. The number of hydrogen-bond acceptors (Lipinski definition) is 2. The third-order valence-electron chi connectivity index (χ3n) is 2.63. The highest BCUT2D eigenvalue weighted by molar-refractivity contribution is 4.99. The summed E-state index contributed by atoms with van der Waals surface area (Å²) in [7, 11) is 0. The van der Waals surface area contributed by atoms with Crippen LogP contribution in [-0.4, -0.2) is 34.2 Å². The summed E-state index contributed by atoms with van der Waals surface area (Å²) in [6, 6.07) is 0. The van der Waals surface area contributed by atoms with Crippen molar-refractivity contribution in [1.29, 1.82) is 0 Å². The Bertz CT molecular complexity index is 154. The maximum atomic E-state index is 9.90. The second-order valence-electron chi connectivity index (χ2n) is 5.00. The lowest BCUT2D eigenvalue weighted by atomic mass is 9.85. The van der Waals surface area contributed by atoms with Gasteiger partial charge in [0.25, 0.3) is 0 Å². The molecule has 0 bridgehead atoms. The standard InChI is InChI=1S/C10H21NO/c1-5-6-10(12)7-11(8-10)9(2,3)4/h12H,5-8H2,1-4H3. The van der Waals surface area contributed by atoms with Crippen LogP contribution >= 0.6 is 0 Å². The van der Waals surface area contributed by atoms with Crippen molar-refractivity contribution in [3.63, 3.8) is 0 Å². The molecule has 1 saturated heterocycles. The molecule has 1 rings (SSSR count). The van der Waals surface area contributed by atoms with E-state index < -0.39 is 0 Å². The second-order valence-corrected chi connectivity index (χ2v) is 5.00. The fraction of sp³-hybridized carbons (Fsp3) is 1.00. The smallest absolute Gasteiger partial charge is 0.0900 e. The average Bonchev–Trinajstić information content (AvgIpc) is 1.81. The monoisotopic (exact) mass is 171 g/mol. The Morgan fingerprint density at radius 1 is 1.33 bits per heavy atom. The molecule has 0 spiro atoms. The largest absolute Gasteiger partial charge is 0.387 e. The number of likely N-dealkylation sites (tertiary alicyclic amines) is 1. The van der Waals surface area contributed by atoms with Crippen molar-refractivity contribution in [3.8, 4) is 0 Å². The molecule has 0 aromatic rings. The van der Waals surface area contributed by atoms with Gasteiger partial charge < -0.3 is 5.11 Å². The molecule has 0 radical (unpaired) electrons. The van der Waals surface area contributed by atoms with E-state index >= 15 is 0 Å². The Morgan fingerprint density at radius 2 is 1.83 bits per heavy atom. The zero-order chi connectivity index (χ0) is 9.41. The first kappa shape index (κ1) is 10.0. The summed E-state index contributed by atoms with van der Waals surface area (Å²) in [5, 5.41) is 9.90. The van der Waals surface area contributed by atoms with Gasteiger partial charge in [-0.15, -0.1) is 0 Å². The van der Waals surface area contributed by atoms with E-state index in [9.17, 15) is 5.11 Å². The van der Waals surface area contributed by atoms with E-state index in [1.807, 2.05) is 0 Å². The van der Waals surface area contributed by atoms with E-state index in [4.69, 9.17) is 0 Å². The molecule has 0 amide bonds. The van der Waals surface area contributed by atoms with Gasteiger partial charge in [0, 0.05) is 18.6 Å². The minimum atomic E-state index is -0.373. The molecule has 2 heteroatoms. The van der Waals surface area contributed by atoms with Crippen LogP contribution in [0.4, 0.5) is 0 Å². The van der Waals surface area contributed by atoms with Crippen LogP contribution in [-0.2, 0) is 0 Å². The summed E-state index contributed by atoms with van der Waals surface area (Å²) in [6.45, 7) is 10.4. The molecule has 0 saturated carbocycles. The molecule has 1 fully saturated rings. The SMILES string of the molecule is CCCC1(O)CN(C(C)(C)C)C1. The van der Waals surface area contributed by atoms with Gasteiger partial charge in [-0.2, -0.15) is 0 Å². The van der Waals surface area contributed by atoms with Gasteiger partial charge in [-0.1, -0.05) is 13.3 Å². The quantitative estimate of drug-likeness (QED) is 0.682. The van der Waals surface area contributed by atoms with E-state index in [1.165, 1.54) is 0 Å². The van der Waals surface area contributed by atoms with Gasteiger partial charge in [-0.05, 0) is 27.2 Å². The Hall–Kier alpha value is -0.0800. The summed E-state index contributed by atoms with van der Waals surface area (Å²) in [5.74, 6) is 0. The summed E-state index contributed by atoms with van der Waals surface area (Å²) >= 11 is 0. The molecular formula is C10H21NO. The van der Waals surface area contributed by atoms with Crippen LogP contribution in [0.15, 0.2) is 0 Å². The molecule has 1 aliphatic rings. The number of β-amino-alcohol motifs (C(OH)–C–C–N with tert-alkyl or cyclic N) is 1. The fourth-order valence-corrected chi connectivity index (χ4v) is 1.76. The second kappa shape index (κ2) is 3.00. The Morgan fingerprint density at radius 3 is 2.17 bits per heavy atom. The van der Waals surface area contributed by atoms with Crippen LogP contribution < -0.4 is 0 Å². The molecule has 12 heavy (non-hydrogen) atoms. The van der Waals surface area contributed by atoms with Crippen molar-refractivity contribution in [3.05, 3.63) is 0 Å². The lowest BCUT2D eigenvalue weighted by Gasteiger charge is -2.53. The van der Waals surface area contributed by atoms with Crippen molar-refractivity contribution in [2.45, 2.75) is 51.7 Å². The van der Waals surface area contributed by atoms with Crippen LogP contribution in [0.2, 0.25) is 0 Å². The van der Waals surface area contributed by atoms with Crippen molar-refractivity contribution in [1.82, 2.24) is 4.90 Å². The third kappa shape index (κ3) is 1.99. The Kier molecular flexibility index (Phi) is 2.50. The average molecular weight is 171 g/mol. The van der Waals surface area contributed by atoms with Gasteiger partial charge in [-0.25, -0.2) is 0 Å². The van der Waals surface area contributed by atoms with E-state index in [1.54, 1.807) is 0 Å². The summed E-state index contributed by atoms with van der Waals surface area (Å²) in [5.41, 5.74) is -0.151. The molecule has 1 aliphatic heterocycles. The first-order chi connectivity index (χ1) is 5.37. The number of nitrogens with zero attached hydrogens (tertiary/aromatic N) is 1. The number of aliphatic hydroxyl groups is 1. The van der Waals surface area contributed by atoms with Crippen LogP contribution in [0.5, 0.6) is 0 Å². The molecular weight excluding hydrogens is 150 g/mol. The first-order valence-corrected chi connectivity index (χ1v) is 4.85. The zero-order valence-electron chi connectivity index (χ0n) is 8.72. The minimum Gasteiger partial charge on any atom is -0.387 e. The maximum absolute atomic E-state index is 9.90. The molecule has 0 aromatic carbocycles. The molecule has 0 aromatic heterocycles. The van der Waals surface area contributed by atoms with E-state index in [0.29, 0.717) is 0 Å². The van der Waals surface area contributed by atoms with Gasteiger partial charge in [0.15, 0.2) is 0 Å². The van der Waals surface area contributed by atoms with E-state index in [2.05, 4.69) is 32.6 Å². The predicted octanol–water partition coefficient (Wildman–Crippen LogP) is 1.63. The molecule has 2 nitrogen and oxygen atoms in total. The van der Waals surface area contributed by atoms with E-state index in [0.717, 1.165) is 25.9 Å². The van der Waals surface area contributed by atoms with Gasteiger partial charge in [0.2, 0.25) is 0 Å². The zero-order valence-corrected chi connectivity index (χ0v) is 8.72. The normalized spacial score (nSPS) is 23.8. The number of rotatable bonds is 2. The highest BCUT2D eigenvalue weighted by atomic mass is 16.3. The summed E-state index contributed by atoms with van der Waals surface area (Å²) in [4.78, 5) is 2.32. The maximum Gasteiger partial charge on any atom is 0.0900 e. The number of hydrogen-bond donors (Lipinski definition) is 1. The van der Waals surface area contributed by atoms with Crippen molar-refractivity contribution in [2.75, 3.05) is 13.1 Å². The fourth-order valence-electron chi connectivity index (χ4n) is 1.76. The van der Waals surface area contributed by atoms with Crippen LogP contribution in [0.3, 0.4) is 0 Å². The Balaban J connectivity index is 2.36. The molecule has 1 heterocycles. The molecule has 72 valence electrons. The molecule has 0 aliphatic carbocycles. The Labute approximate surface area is 75.6 Å². The van der Waals surface area contributed by atoms with Crippen LogP contribution in [0.25, 0.3) is 0 Å². The van der Waals surface area contributed by atoms with Crippen molar-refractivity contribution in [2.24, 2.45) is 0 Å². The summed E-state index contributed by atoms with van der Waals surface area (Å²) in [6.07, 6.45) is 2.02. The highest BCUT2D eigenvalue weighted by Gasteiger charge is 2.44. The van der Waals surface area contributed by atoms with Gasteiger partial charge in [-0.3, -0.25) is 4.90 Å². The molecule has 0 unspecified atom stereocenters. The van der Waals surface area contributed by atoms with E-state index in [-0.39, 0.29) is 11.1 Å². The lowest BCUT2D eigenvalue weighted by molar-refractivity contribution is -0.135. The first-order valence-electron chi connectivity index (χ1n) is 4.85. The third-order valence-corrected chi connectivity index (χ3v) is 2.63. The van der Waals surface area contributed by atoms with Crippen LogP contribution in [0, 0.1) is 0 Å². The van der Waals surface area contributed by atoms with Crippen molar-refractivity contribution < 1.29 is 5.11 Å². The van der Waals surface area contributed by atoms with Gasteiger partial charge in [0.05, 0.1) is 5.60 Å². The predicted molar refractivity (Wildman–Crippen MR) is 51.2 cm³/mol. The van der Waals surface area contributed by atoms with Crippen LogP contribution in [0.1, 0.15) is 40.5 Å². The molecule has 1 N–H and O–H groups in total. The summed E-state index contributed by atoms with van der Waals surface area (Å²) < 4.78 is 0. The van der Waals surface area contributed by atoms with Gasteiger partial charge >= 0.3 is 0 Å². The van der Waals surface area contributed by atoms with Gasteiger partial charge in [0.1, 0.15) is 0 Å². The lowest BCUT2D eigenvalue weighted by Crippen LogP contribution is -2.66. The topological polar surface area (TPSA) is 23.5 Å². The molecule has 0 atom stereocenters. The highest BCUT2D eigenvalue weighted by Crippen LogP contribution is 2.31. The van der Waals surface area contributed by atoms with Crippen molar-refractivity contribution >= 4 is 0 Å².